The van der Waals surface area contributed by atoms with Crippen LogP contribution in [0.4, 0.5) is 0 Å². The summed E-state index contributed by atoms with van der Waals surface area (Å²) in [4.78, 5) is 15.3. The molecule has 0 fully saturated rings. The SMILES string of the molecule is c1ccc(-c2nc(-c3ccccc3)nc(-c3ccc4c5cccc6c7ccccc7n(c7cc8ccccc8c8c9ccccc9n(c4c3)c87)c65)n2)cc1. The highest BCUT2D eigenvalue weighted by Gasteiger charge is 2.22. The second-order valence-electron chi connectivity index (χ2n) is 14.0. The van der Waals surface area contributed by atoms with Crippen LogP contribution in [-0.2, 0) is 0 Å². The van der Waals surface area contributed by atoms with Crippen LogP contribution in [0.15, 0.2) is 176 Å². The topological polar surface area (TPSA) is 47.5 Å². The summed E-state index contributed by atoms with van der Waals surface area (Å²) >= 11 is 0. The fourth-order valence-corrected chi connectivity index (χ4v) is 8.75. The van der Waals surface area contributed by atoms with Crippen molar-refractivity contribution in [3.63, 3.8) is 0 Å². The van der Waals surface area contributed by atoms with Crippen molar-refractivity contribution in [3.05, 3.63) is 176 Å². The predicted molar refractivity (Wildman–Crippen MR) is 223 cm³/mol. The largest absolute Gasteiger partial charge is 0.307 e. The van der Waals surface area contributed by atoms with E-state index >= 15 is 0 Å². The molecule has 8 aromatic carbocycles. The molecule has 12 aromatic rings. The molecule has 5 nitrogen and oxygen atoms in total. The number of rotatable bonds is 3. The zero-order valence-electron chi connectivity index (χ0n) is 29.0. The summed E-state index contributed by atoms with van der Waals surface area (Å²) in [7, 11) is 0. The zero-order valence-corrected chi connectivity index (χ0v) is 29.0. The Labute approximate surface area is 309 Å². The van der Waals surface area contributed by atoms with E-state index < -0.39 is 0 Å². The number of fused-ring (bicyclic) bond motifs is 12. The van der Waals surface area contributed by atoms with Gasteiger partial charge in [-0.15, -0.1) is 0 Å². The van der Waals surface area contributed by atoms with Crippen LogP contribution in [0.1, 0.15) is 0 Å². The first-order valence-electron chi connectivity index (χ1n) is 18.3. The molecule has 4 heterocycles. The molecule has 54 heavy (non-hydrogen) atoms. The Morgan fingerprint density at radius 2 is 0.796 bits per heavy atom. The lowest BCUT2D eigenvalue weighted by atomic mass is 10.0. The number of aromatic nitrogens is 5. The van der Waals surface area contributed by atoms with Gasteiger partial charge in [0.1, 0.15) is 0 Å². The molecular formula is C49H29N5. The highest BCUT2D eigenvalue weighted by Crippen LogP contribution is 2.43. The maximum atomic E-state index is 5.14. The first kappa shape index (κ1) is 29.2. The molecule has 12 rings (SSSR count). The zero-order chi connectivity index (χ0) is 35.3. The van der Waals surface area contributed by atoms with Gasteiger partial charge < -0.3 is 8.80 Å². The van der Waals surface area contributed by atoms with Gasteiger partial charge >= 0.3 is 0 Å². The predicted octanol–water partition coefficient (Wildman–Crippen LogP) is 12.3. The van der Waals surface area contributed by atoms with E-state index in [9.17, 15) is 0 Å². The Kier molecular flexibility index (Phi) is 5.99. The van der Waals surface area contributed by atoms with Crippen molar-refractivity contribution >= 4 is 76.2 Å². The molecule has 4 aromatic heterocycles. The Morgan fingerprint density at radius 1 is 0.296 bits per heavy atom. The molecule has 0 bridgehead atoms. The highest BCUT2D eigenvalue weighted by atomic mass is 15.0. The van der Waals surface area contributed by atoms with Gasteiger partial charge in [-0.2, -0.15) is 0 Å². The number of benzene rings is 8. The summed E-state index contributed by atoms with van der Waals surface area (Å²) in [6.07, 6.45) is 0. The van der Waals surface area contributed by atoms with Crippen LogP contribution in [0.25, 0.3) is 110 Å². The van der Waals surface area contributed by atoms with Gasteiger partial charge in [0.2, 0.25) is 0 Å². The molecule has 0 spiro atoms. The summed E-state index contributed by atoms with van der Waals surface area (Å²) in [6.45, 7) is 0. The number of para-hydroxylation sites is 3. The lowest BCUT2D eigenvalue weighted by Crippen LogP contribution is -2.00. The van der Waals surface area contributed by atoms with Gasteiger partial charge in [0.05, 0.1) is 33.1 Å². The highest BCUT2D eigenvalue weighted by molar-refractivity contribution is 6.28. The summed E-state index contributed by atoms with van der Waals surface area (Å²) < 4.78 is 4.99. The van der Waals surface area contributed by atoms with Gasteiger partial charge in [-0.3, -0.25) is 0 Å². The van der Waals surface area contributed by atoms with Crippen LogP contribution in [0.5, 0.6) is 0 Å². The fourth-order valence-electron chi connectivity index (χ4n) is 8.75. The quantitative estimate of drug-likeness (QED) is 0.186. The molecule has 0 aliphatic carbocycles. The van der Waals surface area contributed by atoms with E-state index in [2.05, 4.69) is 148 Å². The van der Waals surface area contributed by atoms with Crippen molar-refractivity contribution in [2.45, 2.75) is 0 Å². The molecule has 0 aliphatic rings. The fraction of sp³-hybridized carbons (Fsp3) is 0. The van der Waals surface area contributed by atoms with Gasteiger partial charge in [-0.1, -0.05) is 152 Å². The summed E-state index contributed by atoms with van der Waals surface area (Å²) in [5, 5.41) is 9.73. The van der Waals surface area contributed by atoms with Crippen molar-refractivity contribution < 1.29 is 0 Å². The van der Waals surface area contributed by atoms with E-state index in [4.69, 9.17) is 15.0 Å². The van der Waals surface area contributed by atoms with E-state index in [0.29, 0.717) is 17.5 Å². The van der Waals surface area contributed by atoms with E-state index in [0.717, 1.165) is 38.6 Å². The maximum absolute atomic E-state index is 5.14. The Hall–Kier alpha value is -7.37. The van der Waals surface area contributed by atoms with Crippen molar-refractivity contribution in [2.75, 3.05) is 0 Å². The minimum Gasteiger partial charge on any atom is -0.307 e. The lowest BCUT2D eigenvalue weighted by Gasteiger charge is -2.13. The number of nitrogens with zero attached hydrogens (tertiary/aromatic N) is 5. The molecule has 0 saturated heterocycles. The van der Waals surface area contributed by atoms with Gasteiger partial charge in [0, 0.05) is 49.0 Å². The average molecular weight is 688 g/mol. The molecule has 250 valence electrons. The Balaban J connectivity index is 1.31. The summed E-state index contributed by atoms with van der Waals surface area (Å²) in [5.74, 6) is 1.92. The molecule has 0 radical (unpaired) electrons. The van der Waals surface area contributed by atoms with Crippen LogP contribution >= 0.6 is 0 Å². The van der Waals surface area contributed by atoms with Crippen LogP contribution < -0.4 is 0 Å². The molecule has 0 atom stereocenters. The lowest BCUT2D eigenvalue weighted by molar-refractivity contribution is 1.07. The monoisotopic (exact) mass is 687 g/mol. The van der Waals surface area contributed by atoms with E-state index in [1.807, 2.05) is 36.4 Å². The molecule has 5 heteroatoms. The molecule has 0 amide bonds. The molecule has 0 aliphatic heterocycles. The van der Waals surface area contributed by atoms with Crippen LogP contribution in [0.2, 0.25) is 0 Å². The van der Waals surface area contributed by atoms with Crippen LogP contribution in [0.3, 0.4) is 0 Å². The summed E-state index contributed by atoms with van der Waals surface area (Å²) in [5.41, 5.74) is 9.80. The van der Waals surface area contributed by atoms with Crippen LogP contribution in [-0.4, -0.2) is 23.8 Å². The first-order valence-corrected chi connectivity index (χ1v) is 18.3. The summed E-state index contributed by atoms with van der Waals surface area (Å²) in [6, 6.07) is 62.6. The minimum absolute atomic E-state index is 0.631. The average Bonchev–Trinajstić information content (AvgIpc) is 3.77. The maximum Gasteiger partial charge on any atom is 0.164 e. The second-order valence-corrected chi connectivity index (χ2v) is 14.0. The van der Waals surface area contributed by atoms with E-state index in [1.165, 1.54) is 54.3 Å². The third-order valence-corrected chi connectivity index (χ3v) is 11.1. The normalized spacial score (nSPS) is 12.1. The first-order chi connectivity index (χ1) is 26.8. The van der Waals surface area contributed by atoms with Crippen molar-refractivity contribution in [3.8, 4) is 34.2 Å². The van der Waals surface area contributed by atoms with Gasteiger partial charge in [0.15, 0.2) is 17.5 Å². The molecular weight excluding hydrogens is 659 g/mol. The van der Waals surface area contributed by atoms with Crippen molar-refractivity contribution in [1.82, 2.24) is 23.8 Å². The number of hydrogen-bond acceptors (Lipinski definition) is 3. The smallest absolute Gasteiger partial charge is 0.164 e. The van der Waals surface area contributed by atoms with E-state index in [-0.39, 0.29) is 0 Å². The van der Waals surface area contributed by atoms with Crippen molar-refractivity contribution in [2.24, 2.45) is 0 Å². The molecule has 0 saturated carbocycles. The van der Waals surface area contributed by atoms with E-state index in [1.54, 1.807) is 0 Å². The van der Waals surface area contributed by atoms with Gasteiger partial charge in [0.25, 0.3) is 0 Å². The van der Waals surface area contributed by atoms with Crippen molar-refractivity contribution in [1.29, 1.82) is 0 Å². The molecule has 0 N–H and O–H groups in total. The minimum atomic E-state index is 0.631. The Morgan fingerprint density at radius 3 is 1.48 bits per heavy atom. The standard InChI is InChI=1S/C49H29N5/c1-3-14-30(15-4-1)47-50-48(31-16-5-2-6-17-31)52-49(51-47)33-26-27-36-38-23-13-22-37-35-20-9-11-24-40(35)54(45(37)38)43-28-32-18-7-8-19-34(32)44-39-21-10-12-25-41(39)53(46(43)44)42(36)29-33/h1-29H. The second kappa shape index (κ2) is 11.1. The van der Waals surface area contributed by atoms with Gasteiger partial charge in [-0.25, -0.2) is 15.0 Å². The molecule has 0 unspecified atom stereocenters. The third kappa shape index (κ3) is 4.06. The van der Waals surface area contributed by atoms with Crippen LogP contribution in [0, 0.1) is 0 Å². The Bertz CT molecular complexity index is 3430. The third-order valence-electron chi connectivity index (χ3n) is 11.1. The number of hydrogen-bond donors (Lipinski definition) is 0. The van der Waals surface area contributed by atoms with Gasteiger partial charge in [-0.05, 0) is 35.0 Å².